The number of ketones is 1. The first-order valence-electron chi connectivity index (χ1n) is 8.38. The smallest absolute Gasteiger partial charge is 0.269 e. The number of hydrogen-bond acceptors (Lipinski definition) is 7. The third kappa shape index (κ3) is 3.66. The molecule has 0 aromatic heterocycles. The molecule has 1 unspecified atom stereocenters. The number of non-ortho nitro benzene ring substituents is 2. The Morgan fingerprint density at radius 3 is 1.79 bits per heavy atom. The molecule has 0 fully saturated rings. The van der Waals surface area contributed by atoms with Crippen LogP contribution in [-0.2, 0) is 4.79 Å². The second-order valence-electron chi connectivity index (χ2n) is 6.41. The maximum atomic E-state index is 12.7. The molecule has 9 nitrogen and oxygen atoms in total. The first kappa shape index (κ1) is 19.3. The summed E-state index contributed by atoms with van der Waals surface area (Å²) in [6.45, 7) is 0. The molecule has 1 aliphatic rings. The van der Waals surface area contributed by atoms with Crippen molar-refractivity contribution in [2.75, 3.05) is 0 Å². The molecule has 0 spiro atoms. The van der Waals surface area contributed by atoms with E-state index in [9.17, 15) is 35.2 Å². The Hall–Kier alpha value is -3.43. The Labute approximate surface area is 158 Å². The van der Waals surface area contributed by atoms with Gasteiger partial charge in [-0.05, 0) is 41.8 Å². The molecule has 0 radical (unpaired) electrons. The number of carbonyl (C=O) groups excluding carboxylic acids is 1. The molecule has 2 aromatic rings. The maximum Gasteiger partial charge on any atom is 0.269 e. The second-order valence-corrected chi connectivity index (χ2v) is 6.41. The SMILES string of the molecule is O=C1C([C@@H](O)c2ccc([N+](=O)[O-])cc2)=CCC1[C@@H](O)c1ccc([N+](=O)[O-])cc1. The van der Waals surface area contributed by atoms with Crippen molar-refractivity contribution < 1.29 is 24.9 Å². The molecular formula is C19H16N2O7. The quantitative estimate of drug-likeness (QED) is 0.575. The molecule has 0 saturated heterocycles. The Morgan fingerprint density at radius 1 is 0.857 bits per heavy atom. The van der Waals surface area contributed by atoms with Crippen molar-refractivity contribution in [3.05, 3.63) is 91.5 Å². The fourth-order valence-corrected chi connectivity index (χ4v) is 3.18. The molecule has 3 rings (SSSR count). The van der Waals surface area contributed by atoms with E-state index in [1.807, 2.05) is 0 Å². The predicted molar refractivity (Wildman–Crippen MR) is 97.3 cm³/mol. The Kier molecular flexibility index (Phi) is 5.30. The summed E-state index contributed by atoms with van der Waals surface area (Å²) in [7, 11) is 0. The lowest BCUT2D eigenvalue weighted by molar-refractivity contribution is -0.385. The zero-order valence-electron chi connectivity index (χ0n) is 14.5. The van der Waals surface area contributed by atoms with Crippen LogP contribution in [-0.4, -0.2) is 25.8 Å². The van der Waals surface area contributed by atoms with Crippen LogP contribution in [0.2, 0.25) is 0 Å². The Morgan fingerprint density at radius 2 is 1.32 bits per heavy atom. The van der Waals surface area contributed by atoms with E-state index in [0.29, 0.717) is 11.1 Å². The Bertz CT molecular complexity index is 951. The van der Waals surface area contributed by atoms with Crippen LogP contribution in [0.15, 0.2) is 60.2 Å². The number of benzene rings is 2. The van der Waals surface area contributed by atoms with Gasteiger partial charge in [0.25, 0.3) is 11.4 Å². The minimum absolute atomic E-state index is 0.111. The third-order valence-corrected chi connectivity index (χ3v) is 4.75. The van der Waals surface area contributed by atoms with Crippen molar-refractivity contribution in [3.8, 4) is 0 Å². The number of rotatable bonds is 6. The van der Waals surface area contributed by atoms with Crippen LogP contribution >= 0.6 is 0 Å². The molecule has 28 heavy (non-hydrogen) atoms. The molecular weight excluding hydrogens is 368 g/mol. The fourth-order valence-electron chi connectivity index (χ4n) is 3.18. The van der Waals surface area contributed by atoms with E-state index in [-0.39, 0.29) is 23.4 Å². The monoisotopic (exact) mass is 384 g/mol. The van der Waals surface area contributed by atoms with Gasteiger partial charge in [0.2, 0.25) is 0 Å². The summed E-state index contributed by atoms with van der Waals surface area (Å²) in [6.07, 6.45) is -0.696. The molecule has 2 aromatic carbocycles. The largest absolute Gasteiger partial charge is 0.388 e. The first-order valence-corrected chi connectivity index (χ1v) is 8.38. The summed E-state index contributed by atoms with van der Waals surface area (Å²) < 4.78 is 0. The minimum Gasteiger partial charge on any atom is -0.388 e. The van der Waals surface area contributed by atoms with E-state index < -0.39 is 33.8 Å². The molecule has 9 heteroatoms. The van der Waals surface area contributed by atoms with Crippen LogP contribution < -0.4 is 0 Å². The lowest BCUT2D eigenvalue weighted by Crippen LogP contribution is -2.21. The van der Waals surface area contributed by atoms with Gasteiger partial charge in [-0.25, -0.2) is 0 Å². The van der Waals surface area contributed by atoms with Gasteiger partial charge in [-0.2, -0.15) is 0 Å². The molecule has 1 aliphatic carbocycles. The predicted octanol–water partition coefficient (Wildman–Crippen LogP) is 2.79. The molecule has 0 heterocycles. The topological polar surface area (TPSA) is 144 Å². The minimum atomic E-state index is -1.26. The molecule has 3 atom stereocenters. The fraction of sp³-hybridized carbons (Fsp3) is 0.211. The van der Waals surface area contributed by atoms with Crippen molar-refractivity contribution in [1.29, 1.82) is 0 Å². The molecule has 144 valence electrons. The summed E-state index contributed by atoms with van der Waals surface area (Å²) in [5.41, 5.74) is 0.550. The van der Waals surface area contributed by atoms with Crippen molar-refractivity contribution >= 4 is 17.2 Å². The van der Waals surface area contributed by atoms with Crippen molar-refractivity contribution in [3.63, 3.8) is 0 Å². The lowest BCUT2D eigenvalue weighted by Gasteiger charge is -2.19. The van der Waals surface area contributed by atoms with Crippen molar-refractivity contribution in [1.82, 2.24) is 0 Å². The molecule has 0 saturated carbocycles. The maximum absolute atomic E-state index is 12.7. The number of nitro groups is 2. The number of aliphatic hydroxyl groups is 2. The van der Waals surface area contributed by atoms with Crippen LogP contribution in [0.4, 0.5) is 11.4 Å². The van der Waals surface area contributed by atoms with Crippen LogP contribution in [0.25, 0.3) is 0 Å². The standard InChI is InChI=1S/C19H16N2O7/c22-17(11-1-5-13(6-2-11)20(25)26)15-9-10-16(19(15)24)18(23)12-3-7-14(8-4-12)21(27)28/h1-9,16-18,22-23H,10H2/t16?,17-,18-/m0/s1. The first-order chi connectivity index (χ1) is 13.3. The summed E-state index contributed by atoms with van der Waals surface area (Å²) in [6, 6.07) is 10.5. The summed E-state index contributed by atoms with van der Waals surface area (Å²) in [4.78, 5) is 33.0. The van der Waals surface area contributed by atoms with E-state index in [2.05, 4.69) is 0 Å². The van der Waals surface area contributed by atoms with Crippen molar-refractivity contribution in [2.45, 2.75) is 18.6 Å². The molecule has 2 N–H and O–H groups in total. The van der Waals surface area contributed by atoms with Gasteiger partial charge in [0.15, 0.2) is 5.78 Å². The van der Waals surface area contributed by atoms with Gasteiger partial charge < -0.3 is 10.2 Å². The van der Waals surface area contributed by atoms with Gasteiger partial charge in [0.1, 0.15) is 6.10 Å². The van der Waals surface area contributed by atoms with E-state index in [0.717, 1.165) is 0 Å². The number of allylic oxidation sites excluding steroid dienone is 1. The zero-order valence-corrected chi connectivity index (χ0v) is 14.5. The van der Waals surface area contributed by atoms with E-state index in [1.54, 1.807) is 0 Å². The zero-order chi connectivity index (χ0) is 20.4. The van der Waals surface area contributed by atoms with E-state index in [4.69, 9.17) is 0 Å². The highest BCUT2D eigenvalue weighted by atomic mass is 16.6. The lowest BCUT2D eigenvalue weighted by atomic mass is 9.90. The number of Topliss-reactive ketones (excluding diaryl/α,β-unsaturated/α-hetero) is 1. The molecule has 0 bridgehead atoms. The van der Waals surface area contributed by atoms with Gasteiger partial charge in [-0.15, -0.1) is 0 Å². The van der Waals surface area contributed by atoms with Crippen LogP contribution in [0.1, 0.15) is 29.8 Å². The van der Waals surface area contributed by atoms with Crippen LogP contribution in [0, 0.1) is 26.1 Å². The summed E-state index contributed by atoms with van der Waals surface area (Å²) in [5, 5.41) is 42.4. The van der Waals surface area contributed by atoms with Gasteiger partial charge in [0, 0.05) is 29.8 Å². The molecule has 0 amide bonds. The van der Waals surface area contributed by atoms with E-state index >= 15 is 0 Å². The number of nitrogens with zero attached hydrogens (tertiary/aromatic N) is 2. The average molecular weight is 384 g/mol. The molecule has 0 aliphatic heterocycles. The highest BCUT2D eigenvalue weighted by Crippen LogP contribution is 2.38. The van der Waals surface area contributed by atoms with Crippen molar-refractivity contribution in [2.24, 2.45) is 5.92 Å². The highest BCUT2D eigenvalue weighted by Gasteiger charge is 2.37. The van der Waals surface area contributed by atoms with Crippen LogP contribution in [0.3, 0.4) is 0 Å². The summed E-state index contributed by atoms with van der Waals surface area (Å²) >= 11 is 0. The van der Waals surface area contributed by atoms with Gasteiger partial charge in [-0.1, -0.05) is 6.08 Å². The highest BCUT2D eigenvalue weighted by molar-refractivity contribution is 6.01. The second kappa shape index (κ2) is 7.67. The van der Waals surface area contributed by atoms with Gasteiger partial charge in [0.05, 0.1) is 21.9 Å². The number of nitro benzene ring substituents is 2. The number of carbonyl (C=O) groups is 1. The van der Waals surface area contributed by atoms with Gasteiger partial charge >= 0.3 is 0 Å². The van der Waals surface area contributed by atoms with Gasteiger partial charge in [-0.3, -0.25) is 25.0 Å². The van der Waals surface area contributed by atoms with E-state index in [1.165, 1.54) is 54.6 Å². The number of aliphatic hydroxyl groups excluding tert-OH is 2. The third-order valence-electron chi connectivity index (χ3n) is 4.75. The summed E-state index contributed by atoms with van der Waals surface area (Å²) in [5.74, 6) is -1.25. The number of hydrogen-bond donors (Lipinski definition) is 2. The Balaban J connectivity index is 1.74. The average Bonchev–Trinajstić information content (AvgIpc) is 3.08. The normalized spacial score (nSPS) is 18.4. The van der Waals surface area contributed by atoms with Crippen LogP contribution in [0.5, 0.6) is 0 Å².